The quantitative estimate of drug-likeness (QED) is 0.264. The van der Waals surface area contributed by atoms with Crippen molar-refractivity contribution in [2.45, 2.75) is 6.92 Å². The number of rotatable bonds is 6. The normalized spacial score (nSPS) is 11.0. The average Bonchev–Trinajstić information content (AvgIpc) is 3.06. The number of carbonyl (C=O) groups excluding carboxylic acids is 1. The van der Waals surface area contributed by atoms with Crippen LogP contribution in [0.1, 0.15) is 21.6 Å². The number of hydrogen-bond acceptors (Lipinski definition) is 5. The van der Waals surface area contributed by atoms with Crippen LogP contribution in [0.25, 0.3) is 5.69 Å². The molecule has 0 bridgehead atoms. The zero-order valence-electron chi connectivity index (χ0n) is 18.5. The first kappa shape index (κ1) is 22.4. The highest BCUT2D eigenvalue weighted by Crippen LogP contribution is 2.20. The predicted molar refractivity (Wildman–Crippen MR) is 130 cm³/mol. The zero-order valence-corrected chi connectivity index (χ0v) is 18.5. The second-order valence-electron chi connectivity index (χ2n) is 7.52. The topological polar surface area (TPSA) is 112 Å². The molecule has 0 aliphatic rings. The molecule has 0 atom stereocenters. The molecule has 1 N–H and O–H groups in total. The van der Waals surface area contributed by atoms with Crippen molar-refractivity contribution >= 4 is 29.2 Å². The van der Waals surface area contributed by atoms with Gasteiger partial charge in [-0.15, -0.1) is 0 Å². The number of nitro groups is 1. The summed E-state index contributed by atoms with van der Waals surface area (Å²) < 4.78 is 3.17. The van der Waals surface area contributed by atoms with Gasteiger partial charge in [0.2, 0.25) is 0 Å². The highest BCUT2D eigenvalue weighted by Gasteiger charge is 2.19. The van der Waals surface area contributed by atoms with Crippen LogP contribution < -0.4 is 10.9 Å². The molecule has 0 aliphatic carbocycles. The molecule has 0 unspecified atom stereocenters. The largest absolute Gasteiger partial charge is 0.316 e. The first-order valence-corrected chi connectivity index (χ1v) is 10.4. The Kier molecular flexibility index (Phi) is 6.18. The van der Waals surface area contributed by atoms with Crippen LogP contribution in [0.15, 0.2) is 88.6 Å². The van der Waals surface area contributed by atoms with Gasteiger partial charge in [-0.1, -0.05) is 36.4 Å². The Labute approximate surface area is 194 Å². The van der Waals surface area contributed by atoms with Crippen LogP contribution in [-0.2, 0) is 7.05 Å². The van der Waals surface area contributed by atoms with E-state index in [0.29, 0.717) is 28.2 Å². The Balaban J connectivity index is 1.60. The number of benzene rings is 3. The number of aliphatic imine (C=N–C) groups is 1. The van der Waals surface area contributed by atoms with E-state index in [0.717, 1.165) is 0 Å². The van der Waals surface area contributed by atoms with E-state index in [-0.39, 0.29) is 16.9 Å². The van der Waals surface area contributed by atoms with Crippen molar-refractivity contribution < 1.29 is 9.72 Å². The monoisotopic (exact) mass is 455 g/mol. The maximum absolute atomic E-state index is 13.0. The molecule has 0 aliphatic heterocycles. The second kappa shape index (κ2) is 9.37. The van der Waals surface area contributed by atoms with E-state index < -0.39 is 10.8 Å². The van der Waals surface area contributed by atoms with Gasteiger partial charge in [-0.25, -0.2) is 4.68 Å². The molecule has 4 aromatic rings. The molecule has 0 fully saturated rings. The molecule has 170 valence electrons. The summed E-state index contributed by atoms with van der Waals surface area (Å²) in [5.74, 6) is -0.464. The highest BCUT2D eigenvalue weighted by atomic mass is 16.6. The lowest BCUT2D eigenvalue weighted by atomic mass is 10.1. The minimum Gasteiger partial charge on any atom is -0.316 e. The lowest BCUT2D eigenvalue weighted by Gasteiger charge is -2.07. The number of aromatic nitrogens is 2. The molecule has 3 aromatic carbocycles. The van der Waals surface area contributed by atoms with Gasteiger partial charge in [0.15, 0.2) is 0 Å². The van der Waals surface area contributed by atoms with Crippen LogP contribution in [-0.4, -0.2) is 26.4 Å². The smallest absolute Gasteiger partial charge is 0.295 e. The van der Waals surface area contributed by atoms with Crippen molar-refractivity contribution in [3.63, 3.8) is 0 Å². The average molecular weight is 455 g/mol. The minimum absolute atomic E-state index is 0.0607. The molecule has 0 radical (unpaired) electrons. The minimum atomic E-state index is -0.477. The molecular formula is C25H21N5O4. The summed E-state index contributed by atoms with van der Waals surface area (Å²) in [6, 6.07) is 21.9. The zero-order chi connectivity index (χ0) is 24.2. The Hall–Kier alpha value is -4.79. The fourth-order valence-electron chi connectivity index (χ4n) is 3.53. The highest BCUT2D eigenvalue weighted by molar-refractivity contribution is 6.05. The van der Waals surface area contributed by atoms with Gasteiger partial charge in [-0.3, -0.25) is 29.4 Å². The number of nitrogens with one attached hydrogen (secondary N) is 1. The van der Waals surface area contributed by atoms with Crippen LogP contribution in [0.2, 0.25) is 0 Å². The number of para-hydroxylation sites is 2. The third-order valence-electron chi connectivity index (χ3n) is 5.39. The van der Waals surface area contributed by atoms with Gasteiger partial charge in [0.25, 0.3) is 17.2 Å². The van der Waals surface area contributed by atoms with Gasteiger partial charge < -0.3 is 5.32 Å². The van der Waals surface area contributed by atoms with Crippen LogP contribution >= 0.6 is 0 Å². The predicted octanol–water partition coefficient (Wildman–Crippen LogP) is 4.40. The summed E-state index contributed by atoms with van der Waals surface area (Å²) in [6.45, 7) is 1.75. The molecule has 34 heavy (non-hydrogen) atoms. The van der Waals surface area contributed by atoms with Gasteiger partial charge in [-0.05, 0) is 43.3 Å². The molecule has 0 saturated carbocycles. The van der Waals surface area contributed by atoms with E-state index in [1.54, 1.807) is 61.1 Å². The van der Waals surface area contributed by atoms with Crippen molar-refractivity contribution in [3.05, 3.63) is 116 Å². The number of anilines is 1. The summed E-state index contributed by atoms with van der Waals surface area (Å²) in [7, 11) is 1.75. The SMILES string of the molecule is Cc1c(NC(=O)c2cccc(N=Cc3ccccc3[N+](=O)[O-])c2)c(=O)n(-c2ccccc2)n1C. The van der Waals surface area contributed by atoms with E-state index in [1.165, 1.54) is 17.0 Å². The van der Waals surface area contributed by atoms with E-state index in [1.807, 2.05) is 30.3 Å². The number of carbonyl (C=O) groups is 1. The van der Waals surface area contributed by atoms with Crippen LogP contribution in [0.3, 0.4) is 0 Å². The number of nitro benzene ring substituents is 1. The summed E-state index contributed by atoms with van der Waals surface area (Å²) in [6.07, 6.45) is 1.38. The Morgan fingerprint density at radius 1 is 1.03 bits per heavy atom. The van der Waals surface area contributed by atoms with E-state index in [9.17, 15) is 19.7 Å². The van der Waals surface area contributed by atoms with Gasteiger partial charge in [0, 0.05) is 24.9 Å². The molecule has 4 rings (SSSR count). The molecular weight excluding hydrogens is 434 g/mol. The van der Waals surface area contributed by atoms with Crippen LogP contribution in [0.5, 0.6) is 0 Å². The third kappa shape index (κ3) is 4.40. The fourth-order valence-corrected chi connectivity index (χ4v) is 3.53. The van der Waals surface area contributed by atoms with Crippen molar-refractivity contribution in [3.8, 4) is 5.69 Å². The second-order valence-corrected chi connectivity index (χ2v) is 7.52. The Morgan fingerprint density at radius 2 is 1.74 bits per heavy atom. The van der Waals surface area contributed by atoms with Crippen molar-refractivity contribution in [2.24, 2.45) is 12.0 Å². The Bertz CT molecular complexity index is 1470. The standard InChI is InChI=1S/C25H21N5O4/c1-17-23(25(32)29(28(17)2)21-12-4-3-5-13-21)27-24(31)18-10-8-11-20(15-18)26-16-19-9-6-7-14-22(19)30(33)34/h3-16H,1-2H3,(H,27,31). The van der Waals surface area contributed by atoms with Crippen molar-refractivity contribution in [2.75, 3.05) is 5.32 Å². The number of nitrogens with zero attached hydrogens (tertiary/aromatic N) is 4. The van der Waals surface area contributed by atoms with Gasteiger partial charge in [0.05, 0.1) is 27.6 Å². The first-order valence-electron chi connectivity index (χ1n) is 10.4. The molecule has 0 saturated heterocycles. The number of amides is 1. The van der Waals surface area contributed by atoms with Gasteiger partial charge in [0.1, 0.15) is 5.69 Å². The summed E-state index contributed by atoms with van der Waals surface area (Å²) in [4.78, 5) is 41.0. The lowest BCUT2D eigenvalue weighted by Crippen LogP contribution is -2.22. The Morgan fingerprint density at radius 3 is 2.47 bits per heavy atom. The summed E-state index contributed by atoms with van der Waals surface area (Å²) in [5.41, 5.74) is 2.16. The lowest BCUT2D eigenvalue weighted by molar-refractivity contribution is -0.385. The molecule has 1 aromatic heterocycles. The summed E-state index contributed by atoms with van der Waals surface area (Å²) in [5, 5.41) is 13.9. The van der Waals surface area contributed by atoms with E-state index in [4.69, 9.17) is 0 Å². The van der Waals surface area contributed by atoms with Crippen molar-refractivity contribution in [1.29, 1.82) is 0 Å². The molecule has 1 amide bonds. The molecule has 0 spiro atoms. The maximum Gasteiger partial charge on any atom is 0.295 e. The first-order chi connectivity index (χ1) is 16.4. The molecule has 1 heterocycles. The number of hydrogen-bond donors (Lipinski definition) is 1. The van der Waals surface area contributed by atoms with Gasteiger partial charge >= 0.3 is 0 Å². The summed E-state index contributed by atoms with van der Waals surface area (Å²) >= 11 is 0. The third-order valence-corrected chi connectivity index (χ3v) is 5.39. The maximum atomic E-state index is 13.0. The van der Waals surface area contributed by atoms with E-state index >= 15 is 0 Å². The van der Waals surface area contributed by atoms with Crippen molar-refractivity contribution in [1.82, 2.24) is 9.36 Å². The molecule has 9 nitrogen and oxygen atoms in total. The van der Waals surface area contributed by atoms with Crippen LogP contribution in [0.4, 0.5) is 17.1 Å². The van der Waals surface area contributed by atoms with Crippen LogP contribution in [0, 0.1) is 17.0 Å². The molecule has 9 heteroatoms. The van der Waals surface area contributed by atoms with Gasteiger partial charge in [-0.2, -0.15) is 0 Å². The fraction of sp³-hybridized carbons (Fsp3) is 0.0800. The van der Waals surface area contributed by atoms with E-state index in [2.05, 4.69) is 10.3 Å².